The number of hydrogen-bond acceptors (Lipinski definition) is 4. The van der Waals surface area contributed by atoms with Gasteiger partial charge in [-0.2, -0.15) is 5.26 Å². The summed E-state index contributed by atoms with van der Waals surface area (Å²) in [7, 11) is 0. The van der Waals surface area contributed by atoms with Gasteiger partial charge < -0.3 is 5.73 Å². The number of primary amides is 1. The van der Waals surface area contributed by atoms with Gasteiger partial charge in [-0.15, -0.1) is 11.3 Å². The molecule has 6 rings (SSSR count). The van der Waals surface area contributed by atoms with Crippen molar-refractivity contribution in [1.82, 2.24) is 5.32 Å². The van der Waals surface area contributed by atoms with E-state index in [1.807, 2.05) is 0 Å². The summed E-state index contributed by atoms with van der Waals surface area (Å²) in [6.07, 6.45) is 7.05. The quantitative estimate of drug-likeness (QED) is 0.334. The van der Waals surface area contributed by atoms with Crippen molar-refractivity contribution in [3.8, 4) is 6.19 Å². The largest absolute Gasteiger partial charge is 0.369 e. The summed E-state index contributed by atoms with van der Waals surface area (Å²) in [5, 5.41) is 15.9. The van der Waals surface area contributed by atoms with Crippen LogP contribution in [0.5, 0.6) is 0 Å². The molecule has 1 amide bonds. The standard InChI is InChI=1S/C24H28N4OS/c1-23(2,18-12-30-19-6-4-3-5-17(18)19)22(27-13-25)28-20-15-7-14-8-16(20)11-24(9-14,10-15)21(26)29/h3-6,12,14-16,20H,7-11H2,1-2H3,(H2,26,29)(H,27,28). The lowest BCUT2D eigenvalue weighted by atomic mass is 9.47. The second-order valence-corrected chi connectivity index (χ2v) is 11.0. The van der Waals surface area contributed by atoms with Gasteiger partial charge >= 0.3 is 0 Å². The Hall–Kier alpha value is -2.39. The fourth-order valence-corrected chi connectivity index (χ4v) is 7.78. The molecule has 1 heterocycles. The lowest BCUT2D eigenvalue weighted by Gasteiger charge is -2.58. The molecule has 1 aromatic carbocycles. The summed E-state index contributed by atoms with van der Waals surface area (Å²) in [5.74, 6) is 1.98. The molecule has 156 valence electrons. The molecule has 0 saturated heterocycles. The summed E-state index contributed by atoms with van der Waals surface area (Å²) in [6.45, 7) is 4.29. The third-order valence-corrected chi connectivity index (χ3v) is 8.91. The number of amides is 1. The third-order valence-electron chi connectivity index (χ3n) is 7.94. The Kier molecular flexibility index (Phi) is 4.44. The van der Waals surface area contributed by atoms with E-state index in [1.165, 1.54) is 15.6 Å². The average Bonchev–Trinajstić information content (AvgIpc) is 3.14. The van der Waals surface area contributed by atoms with Crippen LogP contribution in [0.3, 0.4) is 0 Å². The number of amidine groups is 1. The van der Waals surface area contributed by atoms with Crippen molar-refractivity contribution in [3.63, 3.8) is 0 Å². The monoisotopic (exact) mass is 420 g/mol. The molecule has 1 aromatic heterocycles. The first-order chi connectivity index (χ1) is 14.3. The Balaban J connectivity index is 1.52. The van der Waals surface area contributed by atoms with Crippen molar-refractivity contribution in [2.24, 2.45) is 33.9 Å². The number of aliphatic imine (C=N–C) groups is 1. The van der Waals surface area contributed by atoms with Gasteiger partial charge in [0.1, 0.15) is 5.84 Å². The van der Waals surface area contributed by atoms with Gasteiger partial charge in [0.25, 0.3) is 0 Å². The van der Waals surface area contributed by atoms with E-state index in [-0.39, 0.29) is 17.4 Å². The van der Waals surface area contributed by atoms with Crippen LogP contribution in [0.4, 0.5) is 0 Å². The molecule has 6 heteroatoms. The first-order valence-corrected chi connectivity index (χ1v) is 11.7. The third kappa shape index (κ3) is 2.86. The topological polar surface area (TPSA) is 91.3 Å². The highest BCUT2D eigenvalue weighted by atomic mass is 32.1. The average molecular weight is 421 g/mol. The van der Waals surface area contributed by atoms with E-state index in [4.69, 9.17) is 10.7 Å². The van der Waals surface area contributed by atoms with Crippen molar-refractivity contribution >= 4 is 33.2 Å². The number of benzene rings is 1. The van der Waals surface area contributed by atoms with Crippen molar-refractivity contribution in [3.05, 3.63) is 35.2 Å². The SMILES string of the molecule is CC(C)(C(=NC1C2CC3CC1CC(C(N)=O)(C3)C2)NC#N)c1csc2ccccc12. The molecule has 4 bridgehead atoms. The van der Waals surface area contributed by atoms with Crippen LogP contribution < -0.4 is 11.1 Å². The summed E-state index contributed by atoms with van der Waals surface area (Å²) in [5.41, 5.74) is 6.31. The van der Waals surface area contributed by atoms with Crippen LogP contribution in [0.1, 0.15) is 51.5 Å². The Morgan fingerprint density at radius 2 is 1.97 bits per heavy atom. The first-order valence-electron chi connectivity index (χ1n) is 10.8. The van der Waals surface area contributed by atoms with Crippen LogP contribution in [-0.2, 0) is 10.2 Å². The Labute approximate surface area is 181 Å². The molecule has 0 radical (unpaired) electrons. The predicted octanol–water partition coefficient (Wildman–Crippen LogP) is 4.33. The van der Waals surface area contributed by atoms with E-state index < -0.39 is 5.41 Å². The molecular formula is C24H28N4OS. The molecule has 2 unspecified atom stereocenters. The van der Waals surface area contributed by atoms with Gasteiger partial charge in [0.15, 0.2) is 6.19 Å². The summed E-state index contributed by atoms with van der Waals surface area (Å²) >= 11 is 1.73. The number of nitrogens with one attached hydrogen (secondary N) is 1. The molecule has 4 saturated carbocycles. The zero-order valence-corrected chi connectivity index (χ0v) is 18.3. The van der Waals surface area contributed by atoms with Crippen molar-refractivity contribution in [2.45, 2.75) is 57.4 Å². The predicted molar refractivity (Wildman–Crippen MR) is 120 cm³/mol. The van der Waals surface area contributed by atoms with Crippen molar-refractivity contribution in [1.29, 1.82) is 5.26 Å². The number of nitrogens with two attached hydrogens (primary N) is 1. The minimum Gasteiger partial charge on any atom is -0.369 e. The number of nitrogens with zero attached hydrogens (tertiary/aromatic N) is 2. The second kappa shape index (κ2) is 6.81. The van der Waals surface area contributed by atoms with Crippen LogP contribution in [0.2, 0.25) is 0 Å². The second-order valence-electron chi connectivity index (χ2n) is 10.1. The van der Waals surface area contributed by atoms with Crippen LogP contribution >= 0.6 is 11.3 Å². The number of hydrogen-bond donors (Lipinski definition) is 2. The van der Waals surface area contributed by atoms with Gasteiger partial charge in [-0.1, -0.05) is 18.2 Å². The summed E-state index contributed by atoms with van der Waals surface area (Å²) in [4.78, 5) is 17.5. The number of carbonyl (C=O) groups is 1. The molecule has 30 heavy (non-hydrogen) atoms. The van der Waals surface area contributed by atoms with Gasteiger partial charge in [-0.05, 0) is 86.1 Å². The maximum absolute atomic E-state index is 12.3. The summed E-state index contributed by atoms with van der Waals surface area (Å²) in [6, 6.07) is 8.56. The molecule has 4 aliphatic carbocycles. The molecule has 0 spiro atoms. The molecule has 5 nitrogen and oxygen atoms in total. The van der Waals surface area contributed by atoms with E-state index in [1.54, 1.807) is 11.3 Å². The molecule has 4 fully saturated rings. The lowest BCUT2D eigenvalue weighted by molar-refractivity contribution is -0.144. The number of fused-ring (bicyclic) bond motifs is 1. The number of nitriles is 1. The zero-order valence-electron chi connectivity index (χ0n) is 17.5. The van der Waals surface area contributed by atoms with Crippen molar-refractivity contribution < 1.29 is 4.79 Å². The molecule has 4 aliphatic rings. The van der Waals surface area contributed by atoms with E-state index in [2.05, 4.69) is 55.0 Å². The van der Waals surface area contributed by atoms with E-state index in [0.717, 1.165) is 37.9 Å². The smallest absolute Gasteiger partial charge is 0.223 e. The van der Waals surface area contributed by atoms with Crippen LogP contribution in [0.25, 0.3) is 10.1 Å². The number of thiophene rings is 1. The van der Waals surface area contributed by atoms with Gasteiger partial charge in [0, 0.05) is 15.5 Å². The highest BCUT2D eigenvalue weighted by Crippen LogP contribution is 2.60. The van der Waals surface area contributed by atoms with E-state index in [0.29, 0.717) is 17.8 Å². The molecule has 2 atom stereocenters. The Bertz CT molecular complexity index is 1060. The normalized spacial score (nSPS) is 32.9. The van der Waals surface area contributed by atoms with Crippen molar-refractivity contribution in [2.75, 3.05) is 0 Å². The highest BCUT2D eigenvalue weighted by Gasteiger charge is 2.58. The Morgan fingerprint density at radius 1 is 1.27 bits per heavy atom. The lowest BCUT2D eigenvalue weighted by Crippen LogP contribution is -2.57. The fraction of sp³-hybridized carbons (Fsp3) is 0.542. The molecule has 0 aliphatic heterocycles. The highest BCUT2D eigenvalue weighted by molar-refractivity contribution is 7.17. The van der Waals surface area contributed by atoms with Crippen LogP contribution in [-0.4, -0.2) is 17.8 Å². The molecular weight excluding hydrogens is 392 g/mol. The number of rotatable bonds is 4. The minimum absolute atomic E-state index is 0.121. The van der Waals surface area contributed by atoms with Crippen LogP contribution in [0.15, 0.2) is 34.6 Å². The zero-order chi connectivity index (χ0) is 21.1. The van der Waals surface area contributed by atoms with E-state index >= 15 is 0 Å². The molecule has 3 N–H and O–H groups in total. The molecule has 2 aromatic rings. The van der Waals surface area contributed by atoms with Gasteiger partial charge in [-0.3, -0.25) is 15.1 Å². The van der Waals surface area contributed by atoms with Crippen LogP contribution in [0, 0.1) is 34.6 Å². The maximum Gasteiger partial charge on any atom is 0.223 e. The first kappa shape index (κ1) is 19.6. The van der Waals surface area contributed by atoms with Gasteiger partial charge in [0.05, 0.1) is 6.04 Å². The Morgan fingerprint density at radius 3 is 2.63 bits per heavy atom. The van der Waals surface area contributed by atoms with E-state index in [9.17, 15) is 10.1 Å². The summed E-state index contributed by atoms with van der Waals surface area (Å²) < 4.78 is 1.25. The maximum atomic E-state index is 12.3. The van der Waals surface area contributed by atoms with Gasteiger partial charge in [-0.25, -0.2) is 0 Å². The fourth-order valence-electron chi connectivity index (χ4n) is 6.65. The van der Waals surface area contributed by atoms with Gasteiger partial charge in [0.2, 0.25) is 5.91 Å². The number of carbonyl (C=O) groups excluding carboxylic acids is 1. The minimum atomic E-state index is -0.411.